The van der Waals surface area contributed by atoms with Gasteiger partial charge in [-0.25, -0.2) is 4.79 Å². The first-order valence-electron chi connectivity index (χ1n) is 7.41. The van der Waals surface area contributed by atoms with E-state index in [4.69, 9.17) is 5.11 Å². The summed E-state index contributed by atoms with van der Waals surface area (Å²) in [7, 11) is 0. The summed E-state index contributed by atoms with van der Waals surface area (Å²) in [6, 6.07) is 1.92. The number of carboxylic acid groups (broad SMARTS) is 1. The van der Waals surface area contributed by atoms with Gasteiger partial charge in [-0.3, -0.25) is 4.79 Å². The van der Waals surface area contributed by atoms with Crippen molar-refractivity contribution >= 4 is 29.3 Å². The lowest BCUT2D eigenvalue weighted by molar-refractivity contribution is -0.131. The molecular formula is C16H19NO3S. The van der Waals surface area contributed by atoms with Gasteiger partial charge in [-0.05, 0) is 47.8 Å². The summed E-state index contributed by atoms with van der Waals surface area (Å²) in [6.07, 6.45) is 7.67. The minimum atomic E-state index is -0.951. The number of carboxylic acids is 1. The lowest BCUT2D eigenvalue weighted by atomic mass is 10.0. The minimum absolute atomic E-state index is 0.197. The van der Waals surface area contributed by atoms with Gasteiger partial charge in [0.2, 0.25) is 5.91 Å². The van der Waals surface area contributed by atoms with Crippen molar-refractivity contribution in [2.24, 2.45) is 17.8 Å². The highest BCUT2D eigenvalue weighted by Gasteiger charge is 2.54. The van der Waals surface area contributed by atoms with Crippen molar-refractivity contribution in [3.8, 4) is 0 Å². The van der Waals surface area contributed by atoms with Crippen LogP contribution in [-0.2, 0) is 16.1 Å². The third kappa shape index (κ3) is 3.35. The summed E-state index contributed by atoms with van der Waals surface area (Å²) in [5, 5.41) is 13.5. The fourth-order valence-electron chi connectivity index (χ4n) is 3.42. The van der Waals surface area contributed by atoms with E-state index >= 15 is 0 Å². The van der Waals surface area contributed by atoms with E-state index in [1.807, 2.05) is 11.4 Å². The highest BCUT2D eigenvalue weighted by molar-refractivity contribution is 7.10. The van der Waals surface area contributed by atoms with Crippen molar-refractivity contribution in [2.45, 2.75) is 32.2 Å². The SMILES string of the molecule is O=C(O)/C=C/c1csc(CNC(=O)C2C3CCCCC32)c1. The van der Waals surface area contributed by atoms with Crippen LogP contribution in [0.15, 0.2) is 17.5 Å². The Balaban J connectivity index is 1.49. The summed E-state index contributed by atoms with van der Waals surface area (Å²) >= 11 is 1.54. The Morgan fingerprint density at radius 3 is 2.71 bits per heavy atom. The Kier molecular flexibility index (Phi) is 4.10. The Morgan fingerprint density at radius 1 is 1.33 bits per heavy atom. The van der Waals surface area contributed by atoms with Crippen molar-refractivity contribution in [3.63, 3.8) is 0 Å². The van der Waals surface area contributed by atoms with Gasteiger partial charge in [-0.2, -0.15) is 0 Å². The molecule has 2 saturated carbocycles. The minimum Gasteiger partial charge on any atom is -0.478 e. The Morgan fingerprint density at radius 2 is 2.05 bits per heavy atom. The zero-order chi connectivity index (χ0) is 14.8. The third-order valence-corrected chi connectivity index (χ3v) is 5.44. The Labute approximate surface area is 127 Å². The molecule has 112 valence electrons. The molecule has 2 unspecified atom stereocenters. The second kappa shape index (κ2) is 6.02. The molecule has 0 saturated heterocycles. The molecule has 0 bridgehead atoms. The molecule has 0 spiro atoms. The number of thiophene rings is 1. The molecule has 2 aliphatic carbocycles. The predicted octanol–water partition coefficient (Wildman–Crippen LogP) is 2.90. The summed E-state index contributed by atoms with van der Waals surface area (Å²) in [5.74, 6) is 0.765. The summed E-state index contributed by atoms with van der Waals surface area (Å²) < 4.78 is 0. The molecule has 1 heterocycles. The van der Waals surface area contributed by atoms with Gasteiger partial charge in [0.05, 0.1) is 6.54 Å². The van der Waals surface area contributed by atoms with E-state index in [1.54, 1.807) is 17.4 Å². The molecule has 2 N–H and O–H groups in total. The van der Waals surface area contributed by atoms with E-state index < -0.39 is 5.97 Å². The maximum absolute atomic E-state index is 12.2. The van der Waals surface area contributed by atoms with Gasteiger partial charge in [-0.1, -0.05) is 12.8 Å². The van der Waals surface area contributed by atoms with Gasteiger partial charge in [0.15, 0.2) is 0 Å². The van der Waals surface area contributed by atoms with Crippen LogP contribution in [-0.4, -0.2) is 17.0 Å². The number of carbonyl (C=O) groups is 2. The largest absolute Gasteiger partial charge is 0.478 e. The highest BCUT2D eigenvalue weighted by atomic mass is 32.1. The first-order valence-corrected chi connectivity index (χ1v) is 8.29. The van der Waals surface area contributed by atoms with Gasteiger partial charge in [0.1, 0.15) is 0 Å². The van der Waals surface area contributed by atoms with Crippen molar-refractivity contribution in [2.75, 3.05) is 0 Å². The average molecular weight is 305 g/mol. The van der Waals surface area contributed by atoms with Crippen LogP contribution in [0, 0.1) is 17.8 Å². The molecule has 0 aliphatic heterocycles. The predicted molar refractivity (Wildman–Crippen MR) is 81.8 cm³/mol. The number of aliphatic carboxylic acids is 1. The summed E-state index contributed by atoms with van der Waals surface area (Å²) in [5.41, 5.74) is 0.867. The Bertz CT molecular complexity index is 566. The molecule has 1 amide bonds. The van der Waals surface area contributed by atoms with Gasteiger partial charge in [-0.15, -0.1) is 11.3 Å². The zero-order valence-corrected chi connectivity index (χ0v) is 12.6. The number of nitrogens with one attached hydrogen (secondary N) is 1. The lowest BCUT2D eigenvalue weighted by Crippen LogP contribution is -2.25. The van der Waals surface area contributed by atoms with E-state index in [1.165, 1.54) is 25.7 Å². The number of hydrogen-bond donors (Lipinski definition) is 2. The number of hydrogen-bond acceptors (Lipinski definition) is 3. The van der Waals surface area contributed by atoms with Gasteiger partial charge < -0.3 is 10.4 Å². The summed E-state index contributed by atoms with van der Waals surface area (Å²) in [6.45, 7) is 0.542. The Hall–Kier alpha value is -1.62. The molecule has 2 aliphatic rings. The third-order valence-electron chi connectivity index (χ3n) is 4.49. The van der Waals surface area contributed by atoms with Crippen LogP contribution in [0.5, 0.6) is 0 Å². The first-order chi connectivity index (χ1) is 10.1. The second-order valence-electron chi connectivity index (χ2n) is 5.87. The van der Waals surface area contributed by atoms with Crippen molar-refractivity contribution in [1.29, 1.82) is 0 Å². The maximum atomic E-state index is 12.2. The second-order valence-corrected chi connectivity index (χ2v) is 6.87. The molecule has 0 aromatic carbocycles. The van der Waals surface area contributed by atoms with Crippen LogP contribution in [0.25, 0.3) is 6.08 Å². The fourth-order valence-corrected chi connectivity index (χ4v) is 4.21. The lowest BCUT2D eigenvalue weighted by Gasteiger charge is -2.04. The molecule has 5 heteroatoms. The molecule has 0 radical (unpaired) electrons. The van der Waals surface area contributed by atoms with Crippen molar-refractivity contribution in [1.82, 2.24) is 5.32 Å². The van der Waals surface area contributed by atoms with E-state index in [2.05, 4.69) is 5.32 Å². The van der Waals surface area contributed by atoms with Gasteiger partial charge in [0, 0.05) is 16.9 Å². The molecule has 1 aromatic rings. The fraction of sp³-hybridized carbons (Fsp3) is 0.500. The number of fused-ring (bicyclic) bond motifs is 1. The average Bonchev–Trinajstić information content (AvgIpc) is 3.03. The van der Waals surface area contributed by atoms with E-state index in [0.29, 0.717) is 18.4 Å². The van der Waals surface area contributed by atoms with Crippen LogP contribution in [0.1, 0.15) is 36.1 Å². The standard InChI is InChI=1S/C16H19NO3S/c18-14(19)6-5-10-7-11(21-9-10)8-17-16(20)15-12-3-1-2-4-13(12)15/h5-7,9,12-13,15H,1-4,8H2,(H,17,20)(H,18,19)/b6-5+. The van der Waals surface area contributed by atoms with Crippen molar-refractivity contribution in [3.05, 3.63) is 28.0 Å². The van der Waals surface area contributed by atoms with Crippen molar-refractivity contribution < 1.29 is 14.7 Å². The number of carbonyl (C=O) groups excluding carboxylic acids is 1. The molecule has 3 rings (SSSR count). The van der Waals surface area contributed by atoms with Crippen LogP contribution in [0.4, 0.5) is 0 Å². The van der Waals surface area contributed by atoms with E-state index in [0.717, 1.165) is 16.5 Å². The topological polar surface area (TPSA) is 66.4 Å². The molecule has 2 atom stereocenters. The zero-order valence-electron chi connectivity index (χ0n) is 11.7. The number of rotatable bonds is 5. The number of amides is 1. The molecule has 21 heavy (non-hydrogen) atoms. The smallest absolute Gasteiger partial charge is 0.328 e. The van der Waals surface area contributed by atoms with E-state index in [9.17, 15) is 9.59 Å². The first kappa shape index (κ1) is 14.3. The molecule has 4 nitrogen and oxygen atoms in total. The van der Waals surface area contributed by atoms with E-state index in [-0.39, 0.29) is 11.8 Å². The maximum Gasteiger partial charge on any atom is 0.328 e. The van der Waals surface area contributed by atoms with Gasteiger partial charge in [0.25, 0.3) is 0 Å². The highest BCUT2D eigenvalue weighted by Crippen LogP contribution is 2.55. The van der Waals surface area contributed by atoms with Crippen LogP contribution in [0.2, 0.25) is 0 Å². The van der Waals surface area contributed by atoms with Crippen LogP contribution in [0.3, 0.4) is 0 Å². The normalized spacial score (nSPS) is 27.3. The quantitative estimate of drug-likeness (QED) is 0.822. The van der Waals surface area contributed by atoms with Crippen LogP contribution >= 0.6 is 11.3 Å². The molecular weight excluding hydrogens is 286 g/mol. The summed E-state index contributed by atoms with van der Waals surface area (Å²) in [4.78, 5) is 23.7. The monoisotopic (exact) mass is 305 g/mol. The molecule has 2 fully saturated rings. The van der Waals surface area contributed by atoms with Gasteiger partial charge >= 0.3 is 5.97 Å². The molecule has 1 aromatic heterocycles. The van der Waals surface area contributed by atoms with Crippen LogP contribution < -0.4 is 5.32 Å².